The van der Waals surface area contributed by atoms with Gasteiger partial charge in [-0.05, 0) is 53.6 Å². The van der Waals surface area contributed by atoms with Gasteiger partial charge in [-0.2, -0.15) is 5.10 Å². The number of halogens is 2. The Balaban J connectivity index is 1.44. The highest BCUT2D eigenvalue weighted by atomic mass is 35.5. The minimum absolute atomic E-state index is 0.369. The van der Waals surface area contributed by atoms with Crippen LogP contribution in [0.2, 0.25) is 10.0 Å². The second-order valence-electron chi connectivity index (χ2n) is 8.68. The Kier molecular flexibility index (Phi) is 5.12. The van der Waals surface area contributed by atoms with E-state index >= 15 is 0 Å². The number of nitrogens with one attached hydrogen (secondary N) is 1. The first kappa shape index (κ1) is 21.8. The lowest BCUT2D eigenvalue weighted by molar-refractivity contribution is -0.129. The molecule has 0 aliphatic carbocycles. The summed E-state index contributed by atoms with van der Waals surface area (Å²) in [5.74, 6) is -2.93. The molecular formula is C26H18Cl2N4O3. The Morgan fingerprint density at radius 2 is 1.60 bits per heavy atom. The number of anilines is 2. The number of hydrazone groups is 1. The molecule has 0 spiro atoms. The van der Waals surface area contributed by atoms with E-state index < -0.39 is 35.7 Å². The molecule has 3 amide bonds. The average molecular weight is 505 g/mol. The highest BCUT2D eigenvalue weighted by molar-refractivity contribution is 6.31. The van der Waals surface area contributed by atoms with Gasteiger partial charge in [-0.25, -0.2) is 4.90 Å². The molecule has 6 rings (SSSR count). The smallest absolute Gasteiger partial charge is 0.249 e. The molecular weight excluding hydrogens is 487 g/mol. The van der Waals surface area contributed by atoms with Crippen LogP contribution in [-0.2, 0) is 14.4 Å². The fraction of sp³-hybridized carbons (Fsp3) is 0.154. The molecule has 0 saturated carbocycles. The molecule has 3 aromatic rings. The topological polar surface area (TPSA) is 82.1 Å². The highest BCUT2D eigenvalue weighted by Gasteiger charge is 2.65. The minimum Gasteiger partial charge on any atom is -0.324 e. The first-order valence-electron chi connectivity index (χ1n) is 11.0. The van der Waals surface area contributed by atoms with E-state index in [2.05, 4.69) is 10.4 Å². The highest BCUT2D eigenvalue weighted by Crippen LogP contribution is 2.52. The molecule has 2 fully saturated rings. The minimum atomic E-state index is -0.981. The lowest BCUT2D eigenvalue weighted by Gasteiger charge is -2.33. The summed E-state index contributed by atoms with van der Waals surface area (Å²) >= 11 is 12.1. The van der Waals surface area contributed by atoms with Gasteiger partial charge in [-0.1, -0.05) is 53.5 Å². The zero-order chi connectivity index (χ0) is 24.3. The fourth-order valence-corrected chi connectivity index (χ4v) is 5.60. The maximum Gasteiger partial charge on any atom is 0.249 e. The summed E-state index contributed by atoms with van der Waals surface area (Å²) in [4.78, 5) is 42.3. The number of imide groups is 1. The normalized spacial score (nSPS) is 24.3. The van der Waals surface area contributed by atoms with Crippen molar-refractivity contribution in [3.05, 3.63) is 94.0 Å². The van der Waals surface area contributed by atoms with Gasteiger partial charge in [0.2, 0.25) is 17.7 Å². The predicted molar refractivity (Wildman–Crippen MR) is 133 cm³/mol. The molecule has 3 aliphatic rings. The van der Waals surface area contributed by atoms with Crippen LogP contribution in [0.25, 0.3) is 0 Å². The van der Waals surface area contributed by atoms with E-state index in [1.807, 2.05) is 24.3 Å². The molecule has 0 bridgehead atoms. The zero-order valence-electron chi connectivity index (χ0n) is 18.1. The largest absolute Gasteiger partial charge is 0.324 e. The average Bonchev–Trinajstić information content (AvgIpc) is 3.33. The predicted octanol–water partition coefficient (Wildman–Crippen LogP) is 4.51. The number of nitrogens with zero attached hydrogens (tertiary/aromatic N) is 3. The summed E-state index contributed by atoms with van der Waals surface area (Å²) in [6, 6.07) is 19.3. The van der Waals surface area contributed by atoms with Crippen molar-refractivity contribution < 1.29 is 14.4 Å². The summed E-state index contributed by atoms with van der Waals surface area (Å²) < 4.78 is 0. The standard InChI is InChI=1S/C26H18Cl2N4O3/c27-15-8-10-17(11-9-15)30-24(33)23-21-20(22-19-7-2-1-4-14(19)13-29-32(22)23)25(34)31(26(21)35)18-6-3-5-16(28)12-18/h1-13,20-23H,(H,30,33)/t20-,21+,22+,23-/m1/s1. The molecule has 3 heterocycles. The van der Waals surface area contributed by atoms with Crippen LogP contribution in [0.1, 0.15) is 17.2 Å². The van der Waals surface area contributed by atoms with Gasteiger partial charge in [0, 0.05) is 15.7 Å². The van der Waals surface area contributed by atoms with Gasteiger partial charge in [0.15, 0.2) is 0 Å². The van der Waals surface area contributed by atoms with E-state index in [4.69, 9.17) is 23.2 Å². The van der Waals surface area contributed by atoms with E-state index in [-0.39, 0.29) is 5.91 Å². The van der Waals surface area contributed by atoms with Crippen LogP contribution in [0.4, 0.5) is 11.4 Å². The molecule has 35 heavy (non-hydrogen) atoms. The molecule has 0 radical (unpaired) electrons. The molecule has 9 heteroatoms. The van der Waals surface area contributed by atoms with Crippen molar-refractivity contribution >= 4 is 58.5 Å². The van der Waals surface area contributed by atoms with Crippen molar-refractivity contribution in [1.82, 2.24) is 5.01 Å². The molecule has 174 valence electrons. The SMILES string of the molecule is O=C(Nc1ccc(Cl)cc1)[C@H]1[C@H]2C(=O)N(c3cccc(Cl)c3)C(=O)[C@H]2[C@@H]2c3ccccc3C=NN12. The van der Waals surface area contributed by atoms with Crippen LogP contribution in [0.3, 0.4) is 0 Å². The molecule has 7 nitrogen and oxygen atoms in total. The summed E-state index contributed by atoms with van der Waals surface area (Å²) in [6.45, 7) is 0. The van der Waals surface area contributed by atoms with Crippen molar-refractivity contribution in [1.29, 1.82) is 0 Å². The number of hydrogen-bond donors (Lipinski definition) is 1. The van der Waals surface area contributed by atoms with Gasteiger partial charge in [0.25, 0.3) is 0 Å². The molecule has 0 aromatic heterocycles. The van der Waals surface area contributed by atoms with Crippen LogP contribution in [0.15, 0.2) is 77.9 Å². The van der Waals surface area contributed by atoms with Crippen molar-refractivity contribution in [3.8, 4) is 0 Å². The van der Waals surface area contributed by atoms with Crippen molar-refractivity contribution in [2.24, 2.45) is 16.9 Å². The maximum atomic E-state index is 13.8. The molecule has 3 aromatic carbocycles. The van der Waals surface area contributed by atoms with E-state index in [0.717, 1.165) is 16.0 Å². The second kappa shape index (κ2) is 8.22. The summed E-state index contributed by atoms with van der Waals surface area (Å²) in [6.07, 6.45) is 1.67. The third kappa shape index (κ3) is 3.42. The van der Waals surface area contributed by atoms with E-state index in [9.17, 15) is 14.4 Å². The fourth-order valence-electron chi connectivity index (χ4n) is 5.29. The van der Waals surface area contributed by atoms with Crippen LogP contribution in [0.5, 0.6) is 0 Å². The first-order chi connectivity index (χ1) is 16.9. The number of carbonyl (C=O) groups excluding carboxylic acids is 3. The Labute approximate surface area is 210 Å². The lowest BCUT2D eigenvalue weighted by atomic mass is 9.85. The van der Waals surface area contributed by atoms with Crippen molar-refractivity contribution in [2.45, 2.75) is 12.1 Å². The van der Waals surface area contributed by atoms with Crippen LogP contribution in [0, 0.1) is 11.8 Å². The first-order valence-corrected chi connectivity index (χ1v) is 11.8. The number of hydrogen-bond acceptors (Lipinski definition) is 5. The van der Waals surface area contributed by atoms with Crippen molar-refractivity contribution in [3.63, 3.8) is 0 Å². The van der Waals surface area contributed by atoms with Gasteiger partial charge in [-0.15, -0.1) is 0 Å². The van der Waals surface area contributed by atoms with Crippen molar-refractivity contribution in [2.75, 3.05) is 10.2 Å². The molecule has 0 unspecified atom stereocenters. The quantitative estimate of drug-likeness (QED) is 0.532. The van der Waals surface area contributed by atoms with Gasteiger partial charge < -0.3 is 5.32 Å². The Hall–Kier alpha value is -3.68. The zero-order valence-corrected chi connectivity index (χ0v) is 19.6. The second-order valence-corrected chi connectivity index (χ2v) is 9.56. The Morgan fingerprint density at radius 1 is 0.857 bits per heavy atom. The van der Waals surface area contributed by atoms with Crippen LogP contribution >= 0.6 is 23.2 Å². The Bertz CT molecular complexity index is 1410. The summed E-state index contributed by atoms with van der Waals surface area (Å²) in [5.41, 5.74) is 2.63. The number of carbonyl (C=O) groups is 3. The van der Waals surface area contributed by atoms with E-state index in [1.54, 1.807) is 59.8 Å². The summed E-state index contributed by atoms with van der Waals surface area (Å²) in [5, 5.41) is 9.95. The third-order valence-corrected chi connectivity index (χ3v) is 7.23. The number of fused-ring (bicyclic) bond motifs is 5. The summed E-state index contributed by atoms with van der Waals surface area (Å²) in [7, 11) is 0. The lowest BCUT2D eigenvalue weighted by Crippen LogP contribution is -2.46. The van der Waals surface area contributed by atoms with Crippen LogP contribution < -0.4 is 10.2 Å². The van der Waals surface area contributed by atoms with Crippen LogP contribution in [-0.4, -0.2) is 35.0 Å². The van der Waals surface area contributed by atoms with Gasteiger partial charge in [0.1, 0.15) is 6.04 Å². The van der Waals surface area contributed by atoms with E-state index in [0.29, 0.717) is 21.4 Å². The van der Waals surface area contributed by atoms with Gasteiger partial charge >= 0.3 is 0 Å². The monoisotopic (exact) mass is 504 g/mol. The third-order valence-electron chi connectivity index (χ3n) is 6.74. The number of amides is 3. The molecule has 2 saturated heterocycles. The molecule has 4 atom stereocenters. The molecule has 3 aliphatic heterocycles. The van der Waals surface area contributed by atoms with Gasteiger partial charge in [-0.3, -0.25) is 19.4 Å². The van der Waals surface area contributed by atoms with E-state index in [1.165, 1.54) is 0 Å². The number of rotatable bonds is 3. The Morgan fingerprint density at radius 3 is 2.37 bits per heavy atom. The van der Waals surface area contributed by atoms with Gasteiger partial charge in [0.05, 0.1) is 29.8 Å². The maximum absolute atomic E-state index is 13.8. The molecule has 1 N–H and O–H groups in total. The number of benzene rings is 3.